The molecule has 0 aliphatic carbocycles. The Morgan fingerprint density at radius 1 is 1.67 bits per heavy atom. The van der Waals surface area contributed by atoms with Gasteiger partial charge >= 0.3 is 0 Å². The number of amides is 1. The van der Waals surface area contributed by atoms with Crippen LogP contribution in [0.25, 0.3) is 0 Å². The first-order chi connectivity index (χ1) is 5.65. The van der Waals surface area contributed by atoms with Crippen molar-refractivity contribution in [2.75, 3.05) is 7.05 Å². The van der Waals surface area contributed by atoms with E-state index in [9.17, 15) is 4.79 Å². The summed E-state index contributed by atoms with van der Waals surface area (Å²) in [4.78, 5) is 11.0. The highest BCUT2D eigenvalue weighted by molar-refractivity contribution is 5.81. The fraction of sp³-hybridized carbons (Fsp3) is 0.375. The molecule has 0 aliphatic heterocycles. The summed E-state index contributed by atoms with van der Waals surface area (Å²) in [5, 5.41) is 2.45. The van der Waals surface area contributed by atoms with Crippen molar-refractivity contribution in [1.29, 1.82) is 0 Å². The average molecular weight is 168 g/mol. The van der Waals surface area contributed by atoms with Crippen LogP contribution in [-0.2, 0) is 4.79 Å². The molecule has 0 aliphatic rings. The largest absolute Gasteiger partial charge is 0.464 e. The van der Waals surface area contributed by atoms with Crippen LogP contribution < -0.4 is 11.1 Å². The van der Waals surface area contributed by atoms with Gasteiger partial charge in [0.25, 0.3) is 0 Å². The number of hydrogen-bond donors (Lipinski definition) is 2. The first-order valence-corrected chi connectivity index (χ1v) is 3.68. The standard InChI is InChI=1S/C8H12N2O2/c1-5-3-4-6(12-5)7(9)8(11)10-2/h3-4,7H,9H2,1-2H3,(H,10,11). The zero-order valence-corrected chi connectivity index (χ0v) is 7.13. The van der Waals surface area contributed by atoms with E-state index in [1.165, 1.54) is 7.05 Å². The minimum Gasteiger partial charge on any atom is -0.464 e. The van der Waals surface area contributed by atoms with E-state index in [4.69, 9.17) is 10.2 Å². The lowest BCUT2D eigenvalue weighted by Crippen LogP contribution is -2.30. The van der Waals surface area contributed by atoms with E-state index in [0.29, 0.717) is 5.76 Å². The molecular formula is C8H12N2O2. The Bertz CT molecular complexity index is 280. The Hall–Kier alpha value is -1.29. The molecule has 0 saturated heterocycles. The Labute approximate surface area is 70.7 Å². The van der Waals surface area contributed by atoms with Crippen molar-refractivity contribution in [2.45, 2.75) is 13.0 Å². The van der Waals surface area contributed by atoms with Gasteiger partial charge in [-0.15, -0.1) is 0 Å². The monoisotopic (exact) mass is 168 g/mol. The summed E-state index contributed by atoms with van der Waals surface area (Å²) >= 11 is 0. The molecule has 1 amide bonds. The minimum absolute atomic E-state index is 0.246. The second kappa shape index (κ2) is 3.40. The van der Waals surface area contributed by atoms with Crippen molar-refractivity contribution in [3.8, 4) is 0 Å². The molecule has 3 N–H and O–H groups in total. The number of carbonyl (C=O) groups is 1. The average Bonchev–Trinajstić information content (AvgIpc) is 2.49. The third-order valence-electron chi connectivity index (χ3n) is 1.60. The third-order valence-corrected chi connectivity index (χ3v) is 1.60. The molecule has 1 aromatic heterocycles. The first kappa shape index (κ1) is 8.80. The minimum atomic E-state index is -0.705. The molecule has 1 rings (SSSR count). The third kappa shape index (κ3) is 1.65. The normalized spacial score (nSPS) is 12.6. The van der Waals surface area contributed by atoms with Crippen molar-refractivity contribution in [3.05, 3.63) is 23.7 Å². The smallest absolute Gasteiger partial charge is 0.244 e. The van der Waals surface area contributed by atoms with Crippen LogP contribution in [0.4, 0.5) is 0 Å². The number of carbonyl (C=O) groups excluding carboxylic acids is 1. The van der Waals surface area contributed by atoms with Gasteiger partial charge in [0.2, 0.25) is 5.91 Å². The van der Waals surface area contributed by atoms with Gasteiger partial charge in [0, 0.05) is 7.05 Å². The van der Waals surface area contributed by atoms with E-state index >= 15 is 0 Å². The molecule has 0 fully saturated rings. The first-order valence-electron chi connectivity index (χ1n) is 3.68. The quantitative estimate of drug-likeness (QED) is 0.668. The van der Waals surface area contributed by atoms with E-state index < -0.39 is 6.04 Å². The predicted molar refractivity (Wildman–Crippen MR) is 44.4 cm³/mol. The van der Waals surface area contributed by atoms with Crippen molar-refractivity contribution in [1.82, 2.24) is 5.32 Å². The van der Waals surface area contributed by atoms with Gasteiger partial charge in [0.15, 0.2) is 0 Å². The zero-order valence-electron chi connectivity index (χ0n) is 7.13. The van der Waals surface area contributed by atoms with Crippen molar-refractivity contribution in [2.24, 2.45) is 5.73 Å². The van der Waals surface area contributed by atoms with Crippen molar-refractivity contribution in [3.63, 3.8) is 0 Å². The van der Waals surface area contributed by atoms with E-state index in [0.717, 1.165) is 5.76 Å². The van der Waals surface area contributed by atoms with Crippen molar-refractivity contribution < 1.29 is 9.21 Å². The van der Waals surface area contributed by atoms with Crippen molar-refractivity contribution >= 4 is 5.91 Å². The van der Waals surface area contributed by atoms with Gasteiger partial charge in [-0.25, -0.2) is 0 Å². The SMILES string of the molecule is CNC(=O)C(N)c1ccc(C)o1. The van der Waals surface area contributed by atoms with Crippen LogP contribution in [0, 0.1) is 6.92 Å². The summed E-state index contributed by atoms with van der Waals surface area (Å²) in [5.74, 6) is 1.00. The molecule has 66 valence electrons. The lowest BCUT2D eigenvalue weighted by molar-refractivity contribution is -0.122. The molecular weight excluding hydrogens is 156 g/mol. The van der Waals surface area contributed by atoms with Gasteiger partial charge in [-0.1, -0.05) is 0 Å². The molecule has 1 heterocycles. The number of hydrogen-bond acceptors (Lipinski definition) is 3. The summed E-state index contributed by atoms with van der Waals surface area (Å²) in [6.07, 6.45) is 0. The lowest BCUT2D eigenvalue weighted by atomic mass is 10.2. The second-order valence-corrected chi connectivity index (χ2v) is 2.54. The van der Waals surface area contributed by atoms with E-state index in [1.807, 2.05) is 0 Å². The topological polar surface area (TPSA) is 68.3 Å². The highest BCUT2D eigenvalue weighted by atomic mass is 16.3. The summed E-state index contributed by atoms with van der Waals surface area (Å²) in [7, 11) is 1.54. The lowest BCUT2D eigenvalue weighted by Gasteiger charge is -2.05. The maximum absolute atomic E-state index is 11.0. The molecule has 4 nitrogen and oxygen atoms in total. The molecule has 1 atom stereocenters. The second-order valence-electron chi connectivity index (χ2n) is 2.54. The maximum atomic E-state index is 11.0. The summed E-state index contributed by atoms with van der Waals surface area (Å²) in [5.41, 5.74) is 5.56. The highest BCUT2D eigenvalue weighted by Gasteiger charge is 2.16. The number of nitrogens with two attached hydrogens (primary N) is 1. The molecule has 0 radical (unpaired) electrons. The van der Waals surface area contributed by atoms with E-state index in [1.54, 1.807) is 19.1 Å². The number of furan rings is 1. The maximum Gasteiger partial charge on any atom is 0.244 e. The highest BCUT2D eigenvalue weighted by Crippen LogP contribution is 2.13. The molecule has 0 bridgehead atoms. The Morgan fingerprint density at radius 2 is 2.33 bits per heavy atom. The van der Waals surface area contributed by atoms with Gasteiger partial charge in [0.1, 0.15) is 17.6 Å². The molecule has 0 aromatic carbocycles. The summed E-state index contributed by atoms with van der Waals surface area (Å²) in [6.45, 7) is 1.81. The molecule has 4 heteroatoms. The Kier molecular flexibility index (Phi) is 2.50. The van der Waals surface area contributed by atoms with E-state index in [2.05, 4.69) is 5.32 Å². The fourth-order valence-corrected chi connectivity index (χ4v) is 0.905. The van der Waals surface area contributed by atoms with Crippen LogP contribution in [0.2, 0.25) is 0 Å². The number of nitrogens with one attached hydrogen (secondary N) is 1. The Balaban J connectivity index is 2.77. The molecule has 0 saturated carbocycles. The van der Waals surface area contributed by atoms with Gasteiger partial charge in [-0.2, -0.15) is 0 Å². The van der Waals surface area contributed by atoms with Crippen LogP contribution in [-0.4, -0.2) is 13.0 Å². The van der Waals surface area contributed by atoms with Crippen LogP contribution in [0.5, 0.6) is 0 Å². The van der Waals surface area contributed by atoms with Crippen LogP contribution in [0.1, 0.15) is 17.6 Å². The van der Waals surface area contributed by atoms with E-state index in [-0.39, 0.29) is 5.91 Å². The number of likely N-dealkylation sites (N-methyl/N-ethyl adjacent to an activating group) is 1. The fourth-order valence-electron chi connectivity index (χ4n) is 0.905. The van der Waals surface area contributed by atoms with Gasteiger partial charge < -0.3 is 15.5 Å². The molecule has 0 spiro atoms. The molecule has 12 heavy (non-hydrogen) atoms. The number of rotatable bonds is 2. The van der Waals surface area contributed by atoms with Crippen LogP contribution >= 0.6 is 0 Å². The predicted octanol–water partition coefficient (Wildman–Crippen LogP) is 0.334. The van der Waals surface area contributed by atoms with Crippen LogP contribution in [0.3, 0.4) is 0 Å². The number of aryl methyl sites for hydroxylation is 1. The van der Waals surface area contributed by atoms with Gasteiger partial charge in [-0.3, -0.25) is 4.79 Å². The van der Waals surface area contributed by atoms with Gasteiger partial charge in [-0.05, 0) is 19.1 Å². The summed E-state index contributed by atoms with van der Waals surface area (Å²) < 4.78 is 5.18. The van der Waals surface area contributed by atoms with Gasteiger partial charge in [0.05, 0.1) is 0 Å². The Morgan fingerprint density at radius 3 is 2.75 bits per heavy atom. The summed E-state index contributed by atoms with van der Waals surface area (Å²) in [6, 6.07) is 2.77. The zero-order chi connectivity index (χ0) is 9.14. The van der Waals surface area contributed by atoms with Crippen LogP contribution in [0.15, 0.2) is 16.5 Å². The molecule has 1 aromatic rings. The molecule has 1 unspecified atom stereocenters.